The van der Waals surface area contributed by atoms with E-state index in [4.69, 9.17) is 14.0 Å². The molecule has 0 N–H and O–H groups in total. The van der Waals surface area contributed by atoms with Gasteiger partial charge >= 0.3 is 0 Å². The average Bonchev–Trinajstić information content (AvgIpc) is 3.38. The van der Waals surface area contributed by atoms with Gasteiger partial charge in [0.1, 0.15) is 5.82 Å². The Labute approximate surface area is 162 Å². The minimum atomic E-state index is -0.290. The van der Waals surface area contributed by atoms with Crippen LogP contribution in [0, 0.1) is 5.82 Å². The summed E-state index contributed by atoms with van der Waals surface area (Å²) in [5.74, 6) is 2.17. The Balaban J connectivity index is 1.51. The summed E-state index contributed by atoms with van der Waals surface area (Å²) in [6.07, 6.45) is 2.15. The molecule has 0 unspecified atom stereocenters. The first-order valence-corrected chi connectivity index (χ1v) is 9.22. The van der Waals surface area contributed by atoms with Gasteiger partial charge in [-0.15, -0.1) is 0 Å². The first-order valence-electron chi connectivity index (χ1n) is 9.22. The van der Waals surface area contributed by atoms with Gasteiger partial charge in [-0.05, 0) is 61.3 Å². The maximum Gasteiger partial charge on any atom is 0.241 e. The highest BCUT2D eigenvalue weighted by Crippen LogP contribution is 2.37. The number of hydrogen-bond acceptors (Lipinski definition) is 6. The minimum absolute atomic E-state index is 0.251. The quantitative estimate of drug-likeness (QED) is 0.635. The van der Waals surface area contributed by atoms with E-state index in [0.29, 0.717) is 18.3 Å². The maximum absolute atomic E-state index is 13.1. The summed E-state index contributed by atoms with van der Waals surface area (Å²) >= 11 is 0. The van der Waals surface area contributed by atoms with E-state index in [1.807, 2.05) is 12.1 Å². The molecule has 0 aliphatic carbocycles. The Morgan fingerprint density at radius 2 is 1.89 bits per heavy atom. The molecule has 1 fully saturated rings. The van der Waals surface area contributed by atoms with Gasteiger partial charge in [0.25, 0.3) is 0 Å². The molecule has 0 bridgehead atoms. The number of hydrogen-bond donors (Lipinski definition) is 0. The molecule has 7 heteroatoms. The lowest BCUT2D eigenvalue weighted by Gasteiger charge is -2.23. The van der Waals surface area contributed by atoms with Crippen molar-refractivity contribution < 1.29 is 18.4 Å². The number of aromatic nitrogens is 2. The van der Waals surface area contributed by atoms with Crippen LogP contribution in [0.25, 0.3) is 11.4 Å². The van der Waals surface area contributed by atoms with Crippen molar-refractivity contribution in [3.05, 3.63) is 59.7 Å². The number of rotatable bonds is 6. The van der Waals surface area contributed by atoms with Crippen molar-refractivity contribution in [2.75, 3.05) is 20.8 Å². The molecule has 0 radical (unpaired) electrons. The van der Waals surface area contributed by atoms with Gasteiger partial charge in [-0.3, -0.25) is 4.90 Å². The van der Waals surface area contributed by atoms with E-state index in [0.717, 1.165) is 36.4 Å². The molecule has 1 saturated heterocycles. The fourth-order valence-corrected chi connectivity index (χ4v) is 3.66. The van der Waals surface area contributed by atoms with Crippen molar-refractivity contribution in [2.45, 2.75) is 25.4 Å². The van der Waals surface area contributed by atoms with Crippen LogP contribution >= 0.6 is 0 Å². The van der Waals surface area contributed by atoms with Gasteiger partial charge in [0.15, 0.2) is 11.5 Å². The maximum atomic E-state index is 13.1. The van der Waals surface area contributed by atoms with Gasteiger partial charge in [-0.25, -0.2) is 4.39 Å². The highest BCUT2D eigenvalue weighted by atomic mass is 19.1. The van der Waals surface area contributed by atoms with Crippen LogP contribution in [0.4, 0.5) is 4.39 Å². The smallest absolute Gasteiger partial charge is 0.241 e. The summed E-state index contributed by atoms with van der Waals surface area (Å²) in [4.78, 5) is 6.80. The Morgan fingerprint density at radius 1 is 1.11 bits per heavy atom. The SMILES string of the molecule is COc1ccc([C@@H]2CCCN2Cc2nc(-c3ccc(F)cc3)no2)cc1OC. The van der Waals surface area contributed by atoms with E-state index in [1.165, 1.54) is 17.7 Å². The van der Waals surface area contributed by atoms with Crippen LogP contribution in [-0.2, 0) is 6.54 Å². The number of nitrogens with zero attached hydrogens (tertiary/aromatic N) is 3. The molecule has 0 amide bonds. The van der Waals surface area contributed by atoms with Crippen LogP contribution in [0.1, 0.15) is 30.3 Å². The van der Waals surface area contributed by atoms with E-state index in [9.17, 15) is 4.39 Å². The Morgan fingerprint density at radius 3 is 2.64 bits per heavy atom. The summed E-state index contributed by atoms with van der Waals surface area (Å²) in [5.41, 5.74) is 1.91. The lowest BCUT2D eigenvalue weighted by Crippen LogP contribution is -2.23. The number of ether oxygens (including phenoxy) is 2. The van der Waals surface area contributed by atoms with Gasteiger partial charge in [-0.1, -0.05) is 11.2 Å². The van der Waals surface area contributed by atoms with E-state index < -0.39 is 0 Å². The molecule has 28 heavy (non-hydrogen) atoms. The van der Waals surface area contributed by atoms with E-state index in [1.54, 1.807) is 26.4 Å². The van der Waals surface area contributed by atoms with Gasteiger partial charge < -0.3 is 14.0 Å². The zero-order valence-electron chi connectivity index (χ0n) is 15.9. The summed E-state index contributed by atoms with van der Waals surface area (Å²) < 4.78 is 29.3. The molecular formula is C21H22FN3O3. The lowest BCUT2D eigenvalue weighted by atomic mass is 10.0. The Bertz CT molecular complexity index is 942. The normalized spacial score (nSPS) is 17.0. The molecule has 1 atom stereocenters. The number of halogens is 1. The number of methoxy groups -OCH3 is 2. The standard InChI is InChI=1S/C21H22FN3O3/c1-26-18-10-7-15(12-19(18)27-2)17-4-3-11-25(17)13-20-23-21(24-28-20)14-5-8-16(22)9-6-14/h5-10,12,17H,3-4,11,13H2,1-2H3/t17-/m0/s1. The largest absolute Gasteiger partial charge is 0.493 e. The highest BCUT2D eigenvalue weighted by molar-refractivity contribution is 5.53. The molecule has 4 rings (SSSR count). The average molecular weight is 383 g/mol. The lowest BCUT2D eigenvalue weighted by molar-refractivity contribution is 0.212. The first-order chi connectivity index (χ1) is 13.7. The van der Waals surface area contributed by atoms with Crippen LogP contribution < -0.4 is 9.47 Å². The Hall–Kier alpha value is -2.93. The van der Waals surface area contributed by atoms with Crippen molar-refractivity contribution in [2.24, 2.45) is 0 Å². The van der Waals surface area contributed by atoms with Crippen molar-refractivity contribution >= 4 is 0 Å². The topological polar surface area (TPSA) is 60.6 Å². The summed E-state index contributed by atoms with van der Waals surface area (Å²) in [6, 6.07) is 12.4. The molecule has 1 aliphatic heterocycles. The van der Waals surface area contributed by atoms with E-state index in [2.05, 4.69) is 21.1 Å². The second-order valence-electron chi connectivity index (χ2n) is 6.76. The Kier molecular flexibility index (Phi) is 5.25. The van der Waals surface area contributed by atoms with Crippen molar-refractivity contribution in [3.8, 4) is 22.9 Å². The predicted molar refractivity (Wildman–Crippen MR) is 102 cm³/mol. The third kappa shape index (κ3) is 3.71. The van der Waals surface area contributed by atoms with E-state index >= 15 is 0 Å². The van der Waals surface area contributed by atoms with Gasteiger partial charge in [0.2, 0.25) is 11.7 Å². The minimum Gasteiger partial charge on any atom is -0.493 e. The highest BCUT2D eigenvalue weighted by Gasteiger charge is 2.28. The monoisotopic (exact) mass is 383 g/mol. The van der Waals surface area contributed by atoms with Gasteiger partial charge in [0, 0.05) is 11.6 Å². The molecule has 1 aromatic heterocycles. The number of likely N-dealkylation sites (tertiary alicyclic amines) is 1. The summed E-state index contributed by atoms with van der Waals surface area (Å²) in [7, 11) is 3.27. The van der Waals surface area contributed by atoms with Crippen LogP contribution in [0.15, 0.2) is 47.0 Å². The van der Waals surface area contributed by atoms with E-state index in [-0.39, 0.29) is 11.9 Å². The summed E-state index contributed by atoms with van der Waals surface area (Å²) in [5, 5.41) is 4.03. The fourth-order valence-electron chi connectivity index (χ4n) is 3.66. The van der Waals surface area contributed by atoms with Crippen LogP contribution in [0.5, 0.6) is 11.5 Å². The third-order valence-electron chi connectivity index (χ3n) is 5.06. The zero-order chi connectivity index (χ0) is 19.5. The zero-order valence-corrected chi connectivity index (χ0v) is 15.9. The predicted octanol–water partition coefficient (Wildman–Crippen LogP) is 4.23. The molecule has 3 aromatic rings. The fraction of sp³-hybridized carbons (Fsp3) is 0.333. The first kappa shape index (κ1) is 18.4. The van der Waals surface area contributed by atoms with Gasteiger partial charge in [-0.2, -0.15) is 4.98 Å². The van der Waals surface area contributed by atoms with Crippen LogP contribution in [0.3, 0.4) is 0 Å². The van der Waals surface area contributed by atoms with Crippen LogP contribution in [-0.4, -0.2) is 35.8 Å². The van der Waals surface area contributed by atoms with Crippen molar-refractivity contribution in [1.29, 1.82) is 0 Å². The molecule has 0 spiro atoms. The van der Waals surface area contributed by atoms with Gasteiger partial charge in [0.05, 0.1) is 20.8 Å². The molecule has 2 aromatic carbocycles. The molecule has 2 heterocycles. The molecular weight excluding hydrogens is 361 g/mol. The second-order valence-corrected chi connectivity index (χ2v) is 6.76. The molecule has 0 saturated carbocycles. The van der Waals surface area contributed by atoms with Crippen molar-refractivity contribution in [1.82, 2.24) is 15.0 Å². The third-order valence-corrected chi connectivity index (χ3v) is 5.06. The number of benzene rings is 2. The molecule has 1 aliphatic rings. The second kappa shape index (κ2) is 7.98. The molecule has 6 nitrogen and oxygen atoms in total. The van der Waals surface area contributed by atoms with Crippen molar-refractivity contribution in [3.63, 3.8) is 0 Å². The molecule has 146 valence electrons. The summed E-state index contributed by atoms with van der Waals surface area (Å²) in [6.45, 7) is 1.51. The van der Waals surface area contributed by atoms with Crippen LogP contribution in [0.2, 0.25) is 0 Å².